The van der Waals surface area contributed by atoms with Crippen molar-refractivity contribution in [2.45, 2.75) is 45.1 Å². The summed E-state index contributed by atoms with van der Waals surface area (Å²) in [5, 5.41) is 4.32. The van der Waals surface area contributed by atoms with E-state index in [1.165, 1.54) is 37.7 Å². The molecule has 1 unspecified atom stereocenters. The lowest BCUT2D eigenvalue weighted by Crippen LogP contribution is -2.28. The van der Waals surface area contributed by atoms with E-state index in [9.17, 15) is 0 Å². The Morgan fingerprint density at radius 3 is 2.28 bits per heavy atom. The molecule has 100 valence electrons. The maximum Gasteiger partial charge on any atom is 0.0406 e. The topological polar surface area (TPSA) is 12.0 Å². The second-order valence-corrected chi connectivity index (χ2v) is 5.94. The highest BCUT2D eigenvalue weighted by Crippen LogP contribution is 2.37. The van der Waals surface area contributed by atoms with E-state index < -0.39 is 0 Å². The molecule has 1 aliphatic rings. The summed E-state index contributed by atoms with van der Waals surface area (Å²) in [4.78, 5) is 0. The second-order valence-electron chi connectivity index (χ2n) is 5.51. The molecule has 0 spiro atoms. The summed E-state index contributed by atoms with van der Waals surface area (Å²) >= 11 is 5.96. The van der Waals surface area contributed by atoms with Crippen LogP contribution in [0.3, 0.4) is 0 Å². The molecule has 0 radical (unpaired) electrons. The third-order valence-electron chi connectivity index (χ3n) is 4.48. The van der Waals surface area contributed by atoms with Crippen molar-refractivity contribution in [1.29, 1.82) is 0 Å². The molecule has 1 N–H and O–H groups in total. The first kappa shape index (κ1) is 13.9. The normalized spacial score (nSPS) is 25.9. The summed E-state index contributed by atoms with van der Waals surface area (Å²) in [7, 11) is 2.07. The average Bonchev–Trinajstić information content (AvgIpc) is 2.42. The highest BCUT2D eigenvalue weighted by Gasteiger charge is 2.26. The number of nitrogens with one attached hydrogen (secondary N) is 1. The molecule has 2 rings (SSSR count). The molecule has 0 aliphatic heterocycles. The van der Waals surface area contributed by atoms with Crippen LogP contribution < -0.4 is 5.32 Å². The molecule has 0 heterocycles. The fraction of sp³-hybridized carbons (Fsp3) is 0.625. The quantitative estimate of drug-likeness (QED) is 0.823. The molecule has 1 fully saturated rings. The number of halogens is 1. The van der Waals surface area contributed by atoms with Crippen LogP contribution in [-0.2, 0) is 0 Å². The van der Waals surface area contributed by atoms with Crippen LogP contribution in [0.15, 0.2) is 24.3 Å². The van der Waals surface area contributed by atoms with Crippen molar-refractivity contribution in [3.63, 3.8) is 0 Å². The van der Waals surface area contributed by atoms with Crippen LogP contribution in [0.4, 0.5) is 0 Å². The van der Waals surface area contributed by atoms with Crippen molar-refractivity contribution in [3.05, 3.63) is 34.9 Å². The largest absolute Gasteiger partial charge is 0.313 e. The van der Waals surface area contributed by atoms with Crippen LogP contribution >= 0.6 is 11.6 Å². The van der Waals surface area contributed by atoms with Gasteiger partial charge >= 0.3 is 0 Å². The molecule has 1 aliphatic carbocycles. The van der Waals surface area contributed by atoms with Crippen LogP contribution in [-0.4, -0.2) is 7.05 Å². The second kappa shape index (κ2) is 6.58. The van der Waals surface area contributed by atoms with Crippen LogP contribution in [0.25, 0.3) is 0 Å². The van der Waals surface area contributed by atoms with Crippen molar-refractivity contribution in [1.82, 2.24) is 5.32 Å². The van der Waals surface area contributed by atoms with Gasteiger partial charge in [0.05, 0.1) is 0 Å². The zero-order valence-corrected chi connectivity index (χ0v) is 12.2. The van der Waals surface area contributed by atoms with Crippen LogP contribution in [0.2, 0.25) is 5.02 Å². The first-order chi connectivity index (χ1) is 8.74. The minimum Gasteiger partial charge on any atom is -0.313 e. The van der Waals surface area contributed by atoms with Gasteiger partial charge in [-0.2, -0.15) is 0 Å². The Kier molecular flexibility index (Phi) is 5.08. The fourth-order valence-electron chi connectivity index (χ4n) is 3.27. The van der Waals surface area contributed by atoms with Gasteiger partial charge in [0.15, 0.2) is 0 Å². The van der Waals surface area contributed by atoms with Gasteiger partial charge in [0.25, 0.3) is 0 Å². The van der Waals surface area contributed by atoms with Gasteiger partial charge in [0.2, 0.25) is 0 Å². The third kappa shape index (κ3) is 3.27. The summed E-state index contributed by atoms with van der Waals surface area (Å²) in [5.74, 6) is 1.74. The molecule has 2 heteroatoms. The van der Waals surface area contributed by atoms with Gasteiger partial charge < -0.3 is 5.32 Å². The molecule has 0 saturated heterocycles. The van der Waals surface area contributed by atoms with Gasteiger partial charge in [-0.3, -0.25) is 0 Å². The zero-order valence-electron chi connectivity index (χ0n) is 11.5. The molecular formula is C16H24ClN. The van der Waals surface area contributed by atoms with E-state index in [2.05, 4.69) is 31.4 Å². The minimum atomic E-state index is 0.486. The number of rotatable bonds is 4. The monoisotopic (exact) mass is 265 g/mol. The van der Waals surface area contributed by atoms with Gasteiger partial charge in [0.1, 0.15) is 0 Å². The number of benzene rings is 1. The van der Waals surface area contributed by atoms with Crippen molar-refractivity contribution in [3.8, 4) is 0 Å². The Labute approximate surface area is 116 Å². The Balaban J connectivity index is 2.03. The molecule has 18 heavy (non-hydrogen) atoms. The van der Waals surface area contributed by atoms with E-state index in [4.69, 9.17) is 11.6 Å². The van der Waals surface area contributed by atoms with E-state index in [0.29, 0.717) is 6.04 Å². The zero-order chi connectivity index (χ0) is 13.0. The van der Waals surface area contributed by atoms with E-state index in [1.54, 1.807) is 0 Å². The maximum atomic E-state index is 5.96. The van der Waals surface area contributed by atoms with E-state index in [0.717, 1.165) is 16.9 Å². The third-order valence-corrected chi connectivity index (χ3v) is 4.73. The molecule has 0 amide bonds. The van der Waals surface area contributed by atoms with Gasteiger partial charge in [-0.1, -0.05) is 49.9 Å². The Morgan fingerprint density at radius 2 is 1.78 bits per heavy atom. The summed E-state index contributed by atoms with van der Waals surface area (Å²) in [5.41, 5.74) is 1.38. The van der Waals surface area contributed by atoms with Gasteiger partial charge in [-0.25, -0.2) is 0 Å². The Morgan fingerprint density at radius 1 is 1.17 bits per heavy atom. The summed E-state index contributed by atoms with van der Waals surface area (Å²) in [6, 6.07) is 8.81. The summed E-state index contributed by atoms with van der Waals surface area (Å²) in [6.45, 7) is 2.32. The van der Waals surface area contributed by atoms with E-state index in [-0.39, 0.29) is 0 Å². The van der Waals surface area contributed by atoms with E-state index in [1.807, 2.05) is 12.1 Å². The van der Waals surface area contributed by atoms with Gasteiger partial charge in [-0.05, 0) is 49.4 Å². The van der Waals surface area contributed by atoms with Crippen molar-refractivity contribution in [2.75, 3.05) is 7.05 Å². The maximum absolute atomic E-state index is 5.96. The SMILES string of the molecule is CCC1CCC(C(NC)c2ccc(Cl)cc2)CC1. The number of hydrogen-bond donors (Lipinski definition) is 1. The lowest BCUT2D eigenvalue weighted by atomic mass is 9.76. The minimum absolute atomic E-state index is 0.486. The lowest BCUT2D eigenvalue weighted by molar-refractivity contribution is 0.224. The van der Waals surface area contributed by atoms with Crippen LogP contribution in [0.5, 0.6) is 0 Å². The molecule has 0 aromatic heterocycles. The average molecular weight is 266 g/mol. The lowest BCUT2D eigenvalue weighted by Gasteiger charge is -2.33. The number of hydrogen-bond acceptors (Lipinski definition) is 1. The van der Waals surface area contributed by atoms with Gasteiger partial charge in [-0.15, -0.1) is 0 Å². The Bertz CT molecular complexity index is 352. The van der Waals surface area contributed by atoms with Gasteiger partial charge in [0, 0.05) is 11.1 Å². The van der Waals surface area contributed by atoms with Crippen molar-refractivity contribution < 1.29 is 0 Å². The van der Waals surface area contributed by atoms with Crippen LogP contribution in [0.1, 0.15) is 50.6 Å². The summed E-state index contributed by atoms with van der Waals surface area (Å²) < 4.78 is 0. The molecule has 1 atom stereocenters. The van der Waals surface area contributed by atoms with Crippen molar-refractivity contribution in [2.24, 2.45) is 11.8 Å². The molecule has 1 aromatic rings. The Hall–Kier alpha value is -0.530. The summed E-state index contributed by atoms with van der Waals surface area (Å²) in [6.07, 6.45) is 6.84. The fourth-order valence-corrected chi connectivity index (χ4v) is 3.40. The standard InChI is InChI=1S/C16H24ClN/c1-3-12-4-6-13(7-5-12)16(18-2)14-8-10-15(17)11-9-14/h8-13,16,18H,3-7H2,1-2H3. The highest BCUT2D eigenvalue weighted by atomic mass is 35.5. The smallest absolute Gasteiger partial charge is 0.0406 e. The van der Waals surface area contributed by atoms with Crippen molar-refractivity contribution >= 4 is 11.6 Å². The first-order valence-corrected chi connectivity index (χ1v) is 7.55. The predicted octanol–water partition coefficient (Wildman–Crippen LogP) is 4.82. The van der Waals surface area contributed by atoms with Crippen LogP contribution in [0, 0.1) is 11.8 Å². The highest BCUT2D eigenvalue weighted by molar-refractivity contribution is 6.30. The molecule has 1 nitrogen and oxygen atoms in total. The molecular weight excluding hydrogens is 242 g/mol. The molecule has 1 saturated carbocycles. The van der Waals surface area contributed by atoms with E-state index >= 15 is 0 Å². The molecule has 1 aromatic carbocycles. The predicted molar refractivity (Wildman–Crippen MR) is 79.0 cm³/mol. The molecule has 0 bridgehead atoms. The first-order valence-electron chi connectivity index (χ1n) is 7.17.